The Hall–Kier alpha value is -3.13. The van der Waals surface area contributed by atoms with Crippen LogP contribution in [-0.2, 0) is 4.74 Å². The average Bonchev–Trinajstić information content (AvgIpc) is 3.24. The zero-order chi connectivity index (χ0) is 19.4. The van der Waals surface area contributed by atoms with Gasteiger partial charge in [0.05, 0.1) is 12.2 Å². The minimum Gasteiger partial charge on any atom is -0.450 e. The fourth-order valence-corrected chi connectivity index (χ4v) is 3.49. The Labute approximate surface area is 161 Å². The summed E-state index contributed by atoms with van der Waals surface area (Å²) in [4.78, 5) is 28.4. The molecular formula is C19H20N4O3S. The van der Waals surface area contributed by atoms with Gasteiger partial charge in [-0.3, -0.25) is 14.7 Å². The average molecular weight is 384 g/mol. The smallest absolute Gasteiger partial charge is 0.411 e. The fraction of sp³-hybridized carbons (Fsp3) is 0.211. The van der Waals surface area contributed by atoms with Crippen molar-refractivity contribution >= 4 is 34.7 Å². The van der Waals surface area contributed by atoms with Crippen molar-refractivity contribution in [3.63, 3.8) is 0 Å². The van der Waals surface area contributed by atoms with Gasteiger partial charge in [0.1, 0.15) is 0 Å². The number of nitrogens with one attached hydrogen (secondary N) is 2. The van der Waals surface area contributed by atoms with Gasteiger partial charge in [-0.2, -0.15) is 0 Å². The molecule has 2 N–H and O–H groups in total. The van der Waals surface area contributed by atoms with E-state index in [2.05, 4.69) is 15.6 Å². The van der Waals surface area contributed by atoms with Gasteiger partial charge in [0.2, 0.25) is 0 Å². The van der Waals surface area contributed by atoms with Gasteiger partial charge in [-0.05, 0) is 51.1 Å². The van der Waals surface area contributed by atoms with Crippen LogP contribution in [0.5, 0.6) is 0 Å². The van der Waals surface area contributed by atoms with E-state index in [9.17, 15) is 9.59 Å². The first kappa shape index (κ1) is 18.7. The quantitative estimate of drug-likeness (QED) is 0.684. The summed E-state index contributed by atoms with van der Waals surface area (Å²) in [5.74, 6) is -0.197. The Morgan fingerprint density at radius 3 is 2.41 bits per heavy atom. The molecule has 0 aliphatic carbocycles. The third-order valence-electron chi connectivity index (χ3n) is 3.95. The standard InChI is InChI=1S/C19H20N4O3S/c1-4-26-19(25)22-15-7-5-14(6-8-15)21-17(24)16-11-12(2)23(13(16)3)18-20-9-10-27-18/h5-11H,4H2,1-3H3,(H,21,24)(H,22,25). The Bertz CT molecular complexity index is 946. The number of carbonyl (C=O) groups is 2. The largest absolute Gasteiger partial charge is 0.450 e. The maximum Gasteiger partial charge on any atom is 0.411 e. The van der Waals surface area contributed by atoms with Gasteiger partial charge in [0, 0.05) is 34.3 Å². The van der Waals surface area contributed by atoms with Crippen LogP contribution in [-0.4, -0.2) is 28.2 Å². The first-order valence-corrected chi connectivity index (χ1v) is 9.31. The van der Waals surface area contributed by atoms with Gasteiger partial charge in [-0.25, -0.2) is 9.78 Å². The highest BCUT2D eigenvalue weighted by atomic mass is 32.1. The summed E-state index contributed by atoms with van der Waals surface area (Å²) < 4.78 is 6.79. The van der Waals surface area contributed by atoms with Crippen molar-refractivity contribution in [2.75, 3.05) is 17.2 Å². The molecule has 27 heavy (non-hydrogen) atoms. The van der Waals surface area contributed by atoms with Gasteiger partial charge < -0.3 is 10.1 Å². The zero-order valence-corrected chi connectivity index (χ0v) is 16.1. The third-order valence-corrected chi connectivity index (χ3v) is 4.71. The summed E-state index contributed by atoms with van der Waals surface area (Å²) in [5.41, 5.74) is 3.60. The number of hydrogen-bond acceptors (Lipinski definition) is 5. The molecule has 0 atom stereocenters. The molecule has 2 heterocycles. The lowest BCUT2D eigenvalue weighted by atomic mass is 10.2. The van der Waals surface area contributed by atoms with Gasteiger partial charge in [-0.15, -0.1) is 11.3 Å². The minimum atomic E-state index is -0.510. The molecule has 0 saturated heterocycles. The predicted octanol–water partition coefficient (Wildman–Crippen LogP) is 4.37. The summed E-state index contributed by atoms with van der Waals surface area (Å²) in [6.07, 6.45) is 1.23. The lowest BCUT2D eigenvalue weighted by Gasteiger charge is -2.08. The van der Waals surface area contributed by atoms with Crippen LogP contribution < -0.4 is 10.6 Å². The maximum absolute atomic E-state index is 12.7. The van der Waals surface area contributed by atoms with E-state index in [0.29, 0.717) is 23.5 Å². The molecule has 0 bridgehead atoms. The topological polar surface area (TPSA) is 85.3 Å². The molecule has 1 aromatic carbocycles. The summed E-state index contributed by atoms with van der Waals surface area (Å²) in [7, 11) is 0. The second-order valence-electron chi connectivity index (χ2n) is 5.81. The molecule has 0 unspecified atom stereocenters. The molecule has 8 heteroatoms. The number of ether oxygens (including phenoxy) is 1. The zero-order valence-electron chi connectivity index (χ0n) is 15.3. The van der Waals surface area contributed by atoms with E-state index in [1.54, 1.807) is 37.4 Å². The second kappa shape index (κ2) is 8.05. The molecule has 2 amide bonds. The molecule has 7 nitrogen and oxygen atoms in total. The van der Waals surface area contributed by atoms with Gasteiger partial charge in [0.15, 0.2) is 5.13 Å². The van der Waals surface area contributed by atoms with E-state index in [1.165, 1.54) is 11.3 Å². The third kappa shape index (κ3) is 4.17. The van der Waals surface area contributed by atoms with E-state index in [1.807, 2.05) is 29.9 Å². The highest BCUT2D eigenvalue weighted by Crippen LogP contribution is 2.23. The number of aryl methyl sites for hydroxylation is 1. The molecule has 0 radical (unpaired) electrons. The molecule has 3 aromatic rings. The Morgan fingerprint density at radius 2 is 1.81 bits per heavy atom. The first-order valence-electron chi connectivity index (χ1n) is 8.43. The van der Waals surface area contributed by atoms with Crippen LogP contribution in [0, 0.1) is 13.8 Å². The van der Waals surface area contributed by atoms with E-state index in [4.69, 9.17) is 4.74 Å². The number of nitrogens with zero attached hydrogens (tertiary/aromatic N) is 2. The number of amides is 2. The van der Waals surface area contributed by atoms with Crippen LogP contribution in [0.3, 0.4) is 0 Å². The number of hydrogen-bond donors (Lipinski definition) is 2. The number of anilines is 2. The lowest BCUT2D eigenvalue weighted by Crippen LogP contribution is -2.14. The highest BCUT2D eigenvalue weighted by molar-refractivity contribution is 7.12. The SMILES string of the molecule is CCOC(=O)Nc1ccc(NC(=O)c2cc(C)n(-c3nccs3)c2C)cc1. The van der Waals surface area contributed by atoms with Crippen molar-refractivity contribution in [2.24, 2.45) is 0 Å². The van der Waals surface area contributed by atoms with E-state index < -0.39 is 6.09 Å². The highest BCUT2D eigenvalue weighted by Gasteiger charge is 2.18. The van der Waals surface area contributed by atoms with Crippen LogP contribution in [0.4, 0.5) is 16.2 Å². The Kier molecular flexibility index (Phi) is 5.56. The molecule has 2 aromatic heterocycles. The normalized spacial score (nSPS) is 10.5. The number of aromatic nitrogens is 2. The monoisotopic (exact) mass is 384 g/mol. The summed E-state index contributed by atoms with van der Waals surface area (Å²) in [6.45, 7) is 5.89. The summed E-state index contributed by atoms with van der Waals surface area (Å²) in [6, 6.07) is 8.69. The lowest BCUT2D eigenvalue weighted by molar-refractivity contribution is 0.102. The first-order chi connectivity index (χ1) is 13.0. The summed E-state index contributed by atoms with van der Waals surface area (Å²) in [5, 5.41) is 8.22. The molecule has 0 aliphatic rings. The van der Waals surface area contributed by atoms with Crippen molar-refractivity contribution < 1.29 is 14.3 Å². The fourth-order valence-electron chi connectivity index (χ4n) is 2.73. The molecule has 3 rings (SSSR count). The van der Waals surface area contributed by atoms with Crippen LogP contribution in [0.2, 0.25) is 0 Å². The Morgan fingerprint density at radius 1 is 1.15 bits per heavy atom. The molecule has 0 aliphatic heterocycles. The molecule has 0 fully saturated rings. The Balaban J connectivity index is 1.73. The van der Waals surface area contributed by atoms with Crippen LogP contribution >= 0.6 is 11.3 Å². The van der Waals surface area contributed by atoms with Gasteiger partial charge in [0.25, 0.3) is 5.91 Å². The van der Waals surface area contributed by atoms with Crippen LogP contribution in [0.25, 0.3) is 5.13 Å². The number of rotatable bonds is 5. The van der Waals surface area contributed by atoms with Crippen LogP contribution in [0.1, 0.15) is 28.7 Å². The van der Waals surface area contributed by atoms with Crippen molar-refractivity contribution in [1.82, 2.24) is 9.55 Å². The van der Waals surface area contributed by atoms with Gasteiger partial charge >= 0.3 is 6.09 Å². The maximum atomic E-state index is 12.7. The van der Waals surface area contributed by atoms with Crippen molar-refractivity contribution in [3.8, 4) is 5.13 Å². The number of thiazole rings is 1. The molecule has 0 saturated carbocycles. The number of benzene rings is 1. The van der Waals surface area contributed by atoms with Crippen molar-refractivity contribution in [1.29, 1.82) is 0 Å². The van der Waals surface area contributed by atoms with Crippen molar-refractivity contribution in [3.05, 3.63) is 58.9 Å². The number of carbonyl (C=O) groups excluding carboxylic acids is 2. The molecule has 140 valence electrons. The van der Waals surface area contributed by atoms with E-state index in [-0.39, 0.29) is 5.91 Å². The van der Waals surface area contributed by atoms with Crippen molar-refractivity contribution in [2.45, 2.75) is 20.8 Å². The van der Waals surface area contributed by atoms with Gasteiger partial charge in [-0.1, -0.05) is 0 Å². The van der Waals surface area contributed by atoms with E-state index in [0.717, 1.165) is 16.5 Å². The van der Waals surface area contributed by atoms with E-state index >= 15 is 0 Å². The summed E-state index contributed by atoms with van der Waals surface area (Å²) >= 11 is 1.52. The molecule has 0 spiro atoms. The second-order valence-corrected chi connectivity index (χ2v) is 6.68. The predicted molar refractivity (Wildman–Crippen MR) is 106 cm³/mol. The minimum absolute atomic E-state index is 0.197. The molecular weight excluding hydrogens is 364 g/mol. The van der Waals surface area contributed by atoms with Crippen LogP contribution in [0.15, 0.2) is 41.9 Å².